The van der Waals surface area contributed by atoms with Crippen LogP contribution in [-0.2, 0) is 5.60 Å². The van der Waals surface area contributed by atoms with Crippen molar-refractivity contribution in [2.75, 3.05) is 6.61 Å². The number of hydrogen-bond acceptors (Lipinski definition) is 3. The average molecular weight is 188 g/mol. The topological polar surface area (TPSA) is 53.4 Å². The van der Waals surface area contributed by atoms with Crippen molar-refractivity contribution in [3.8, 4) is 0 Å². The van der Waals surface area contributed by atoms with Crippen LogP contribution in [0.4, 0.5) is 0 Å². The Hall–Kier alpha value is -0.640. The van der Waals surface area contributed by atoms with Gasteiger partial charge in [-0.2, -0.15) is 0 Å². The van der Waals surface area contributed by atoms with Crippen LogP contribution in [0.2, 0.25) is 5.15 Å². The summed E-state index contributed by atoms with van der Waals surface area (Å²) in [5.74, 6) is 0. The molecular formula is C8H10ClNO2. The third kappa shape index (κ3) is 1.94. The monoisotopic (exact) mass is 187 g/mol. The van der Waals surface area contributed by atoms with E-state index in [1.807, 2.05) is 0 Å². The fraction of sp³-hybridized carbons (Fsp3) is 0.375. The lowest BCUT2D eigenvalue weighted by Crippen LogP contribution is -2.25. The fourth-order valence-corrected chi connectivity index (χ4v) is 1.00. The summed E-state index contributed by atoms with van der Waals surface area (Å²) in [5, 5.41) is 18.7. The number of halogens is 1. The summed E-state index contributed by atoms with van der Waals surface area (Å²) in [4.78, 5) is 3.76. The molecule has 1 aromatic rings. The van der Waals surface area contributed by atoms with Gasteiger partial charge in [0.1, 0.15) is 10.8 Å². The van der Waals surface area contributed by atoms with Gasteiger partial charge in [-0.1, -0.05) is 11.6 Å². The van der Waals surface area contributed by atoms with Crippen molar-refractivity contribution in [3.63, 3.8) is 0 Å². The second kappa shape index (κ2) is 3.39. The van der Waals surface area contributed by atoms with E-state index in [4.69, 9.17) is 16.7 Å². The Morgan fingerprint density at radius 2 is 2.33 bits per heavy atom. The maximum Gasteiger partial charge on any atom is 0.129 e. The Kier molecular flexibility index (Phi) is 2.67. The summed E-state index contributed by atoms with van der Waals surface area (Å²) in [6.45, 7) is 1.17. The largest absolute Gasteiger partial charge is 0.393 e. The molecule has 0 fully saturated rings. The van der Waals surface area contributed by atoms with Gasteiger partial charge in [-0.15, -0.1) is 0 Å². The number of aliphatic hydroxyl groups is 2. The van der Waals surface area contributed by atoms with E-state index >= 15 is 0 Å². The first-order valence-electron chi connectivity index (χ1n) is 3.51. The van der Waals surface area contributed by atoms with E-state index in [0.717, 1.165) is 0 Å². The fourth-order valence-electron chi connectivity index (χ4n) is 0.829. The standard InChI is InChI=1S/C8H10ClNO2/c1-8(12,5-11)6-2-3-10-7(9)4-6/h2-4,11-12H,5H2,1H3. The third-order valence-corrected chi connectivity index (χ3v) is 1.86. The van der Waals surface area contributed by atoms with Crippen molar-refractivity contribution >= 4 is 11.6 Å². The van der Waals surface area contributed by atoms with Crippen LogP contribution < -0.4 is 0 Å². The van der Waals surface area contributed by atoms with Crippen molar-refractivity contribution in [2.24, 2.45) is 0 Å². The highest BCUT2D eigenvalue weighted by atomic mass is 35.5. The zero-order valence-corrected chi connectivity index (χ0v) is 7.41. The van der Waals surface area contributed by atoms with Crippen molar-refractivity contribution in [3.05, 3.63) is 29.0 Å². The van der Waals surface area contributed by atoms with Crippen molar-refractivity contribution in [1.82, 2.24) is 4.98 Å². The minimum atomic E-state index is -1.24. The molecule has 1 unspecified atom stereocenters. The molecule has 0 aliphatic carbocycles. The lowest BCUT2D eigenvalue weighted by molar-refractivity contribution is -0.00234. The Morgan fingerprint density at radius 1 is 1.67 bits per heavy atom. The molecule has 0 spiro atoms. The summed E-state index contributed by atoms with van der Waals surface area (Å²) in [6, 6.07) is 3.14. The van der Waals surface area contributed by atoms with Crippen molar-refractivity contribution in [1.29, 1.82) is 0 Å². The smallest absolute Gasteiger partial charge is 0.129 e. The highest BCUT2D eigenvalue weighted by Gasteiger charge is 2.21. The number of rotatable bonds is 2. The number of pyridine rings is 1. The molecule has 1 heterocycles. The van der Waals surface area contributed by atoms with Gasteiger partial charge in [-0.25, -0.2) is 4.98 Å². The maximum atomic E-state index is 9.58. The molecule has 0 saturated carbocycles. The lowest BCUT2D eigenvalue weighted by atomic mass is 9.99. The quantitative estimate of drug-likeness (QED) is 0.678. The van der Waals surface area contributed by atoms with Gasteiger partial charge in [0.15, 0.2) is 0 Å². The normalized spacial score (nSPS) is 15.7. The Morgan fingerprint density at radius 3 is 2.83 bits per heavy atom. The predicted octanol–water partition coefficient (Wildman–Crippen LogP) is 0.935. The molecule has 0 aliphatic rings. The van der Waals surface area contributed by atoms with Crippen LogP contribution in [0.3, 0.4) is 0 Å². The lowest BCUT2D eigenvalue weighted by Gasteiger charge is -2.20. The van der Waals surface area contributed by atoms with Crippen LogP contribution >= 0.6 is 11.6 Å². The average Bonchev–Trinajstić information content (AvgIpc) is 2.05. The number of aromatic nitrogens is 1. The summed E-state index contributed by atoms with van der Waals surface area (Å²) >= 11 is 5.60. The molecule has 0 aromatic carbocycles. The molecule has 0 radical (unpaired) electrons. The van der Waals surface area contributed by atoms with E-state index in [2.05, 4.69) is 4.98 Å². The molecule has 0 aliphatic heterocycles. The number of nitrogens with zero attached hydrogens (tertiary/aromatic N) is 1. The molecule has 0 saturated heterocycles. The zero-order valence-electron chi connectivity index (χ0n) is 6.66. The van der Waals surface area contributed by atoms with Gasteiger partial charge in [0.2, 0.25) is 0 Å². The Balaban J connectivity index is 3.03. The van der Waals surface area contributed by atoms with Gasteiger partial charge in [-0.05, 0) is 24.6 Å². The molecule has 1 atom stereocenters. The molecule has 12 heavy (non-hydrogen) atoms. The van der Waals surface area contributed by atoms with Crippen LogP contribution in [-0.4, -0.2) is 21.8 Å². The predicted molar refractivity (Wildman–Crippen MR) is 45.9 cm³/mol. The zero-order chi connectivity index (χ0) is 9.19. The van der Waals surface area contributed by atoms with E-state index < -0.39 is 5.60 Å². The van der Waals surface area contributed by atoms with Crippen molar-refractivity contribution < 1.29 is 10.2 Å². The van der Waals surface area contributed by atoms with Gasteiger partial charge in [0, 0.05) is 6.20 Å². The van der Waals surface area contributed by atoms with Crippen LogP contribution in [0.25, 0.3) is 0 Å². The first kappa shape index (κ1) is 9.45. The molecule has 0 amide bonds. The number of hydrogen-bond donors (Lipinski definition) is 2. The summed E-state index contributed by atoms with van der Waals surface area (Å²) in [6.07, 6.45) is 1.49. The maximum absolute atomic E-state index is 9.58. The van der Waals surface area contributed by atoms with Gasteiger partial charge in [0.05, 0.1) is 6.61 Å². The van der Waals surface area contributed by atoms with Crippen LogP contribution in [0, 0.1) is 0 Å². The number of aliphatic hydroxyl groups excluding tert-OH is 1. The highest BCUT2D eigenvalue weighted by Crippen LogP contribution is 2.20. The molecular weight excluding hydrogens is 178 g/mol. The van der Waals surface area contributed by atoms with E-state index in [1.165, 1.54) is 19.2 Å². The second-order valence-corrected chi connectivity index (χ2v) is 3.19. The van der Waals surface area contributed by atoms with Gasteiger partial charge >= 0.3 is 0 Å². The highest BCUT2D eigenvalue weighted by molar-refractivity contribution is 6.29. The molecule has 1 rings (SSSR count). The Bertz CT molecular complexity index is 276. The SMILES string of the molecule is CC(O)(CO)c1ccnc(Cl)c1. The van der Waals surface area contributed by atoms with E-state index in [0.29, 0.717) is 10.7 Å². The minimum absolute atomic E-state index is 0.307. The van der Waals surface area contributed by atoms with Gasteiger partial charge in [0.25, 0.3) is 0 Å². The first-order chi connectivity index (χ1) is 5.56. The molecule has 0 bridgehead atoms. The van der Waals surface area contributed by atoms with E-state index in [1.54, 1.807) is 6.07 Å². The summed E-state index contributed by atoms with van der Waals surface area (Å²) in [5.41, 5.74) is -0.683. The molecule has 4 heteroatoms. The second-order valence-electron chi connectivity index (χ2n) is 2.80. The molecule has 3 nitrogen and oxygen atoms in total. The summed E-state index contributed by atoms with van der Waals surface area (Å²) in [7, 11) is 0. The van der Waals surface area contributed by atoms with E-state index in [9.17, 15) is 5.11 Å². The van der Waals surface area contributed by atoms with Crippen molar-refractivity contribution in [2.45, 2.75) is 12.5 Å². The third-order valence-electron chi connectivity index (χ3n) is 1.66. The van der Waals surface area contributed by atoms with Crippen LogP contribution in [0.5, 0.6) is 0 Å². The first-order valence-corrected chi connectivity index (χ1v) is 3.89. The Labute approximate surface area is 75.6 Å². The molecule has 66 valence electrons. The minimum Gasteiger partial charge on any atom is -0.393 e. The van der Waals surface area contributed by atoms with Crippen LogP contribution in [0.15, 0.2) is 18.3 Å². The van der Waals surface area contributed by atoms with Gasteiger partial charge in [-0.3, -0.25) is 0 Å². The summed E-state index contributed by atoms with van der Waals surface area (Å²) < 4.78 is 0. The van der Waals surface area contributed by atoms with Gasteiger partial charge < -0.3 is 10.2 Å². The van der Waals surface area contributed by atoms with E-state index in [-0.39, 0.29) is 6.61 Å². The molecule has 1 aromatic heterocycles. The van der Waals surface area contributed by atoms with Crippen LogP contribution in [0.1, 0.15) is 12.5 Å². The molecule has 2 N–H and O–H groups in total.